The van der Waals surface area contributed by atoms with Gasteiger partial charge in [0.1, 0.15) is 5.65 Å². The monoisotopic (exact) mass is 342 g/mol. The molecule has 25 heavy (non-hydrogen) atoms. The van der Waals surface area contributed by atoms with E-state index in [9.17, 15) is 4.79 Å². The van der Waals surface area contributed by atoms with Crippen molar-refractivity contribution in [3.05, 3.63) is 46.0 Å². The number of nitrogens with zero attached hydrogens (tertiary/aromatic N) is 4. The Balaban J connectivity index is 1.52. The number of morpholine rings is 1. The van der Waals surface area contributed by atoms with Crippen molar-refractivity contribution in [2.75, 3.05) is 32.8 Å². The van der Waals surface area contributed by atoms with Gasteiger partial charge in [-0.05, 0) is 32.4 Å². The van der Waals surface area contributed by atoms with Crippen LogP contribution >= 0.6 is 0 Å². The zero-order chi connectivity index (χ0) is 17.4. The Bertz CT molecular complexity index is 813. The molecule has 0 bridgehead atoms. The van der Waals surface area contributed by atoms with Crippen LogP contribution in [0.4, 0.5) is 0 Å². The van der Waals surface area contributed by atoms with Crippen molar-refractivity contribution in [2.24, 2.45) is 0 Å². The SMILES string of the molecule is Cc1cccc2nc(CN3CC[C@@H](N4CCOCC4)[C@H]3C)cc(=O)n12. The molecule has 4 heterocycles. The summed E-state index contributed by atoms with van der Waals surface area (Å²) in [5, 5.41) is 0. The van der Waals surface area contributed by atoms with Gasteiger partial charge in [0.2, 0.25) is 0 Å². The summed E-state index contributed by atoms with van der Waals surface area (Å²) in [4.78, 5) is 22.2. The third-order valence-electron chi connectivity index (χ3n) is 5.66. The molecule has 2 atom stereocenters. The normalized spacial score (nSPS) is 25.7. The van der Waals surface area contributed by atoms with E-state index in [2.05, 4.69) is 16.7 Å². The second kappa shape index (κ2) is 6.86. The van der Waals surface area contributed by atoms with E-state index in [0.717, 1.165) is 56.4 Å². The lowest BCUT2D eigenvalue weighted by Gasteiger charge is -2.35. The second-order valence-corrected chi connectivity index (χ2v) is 7.16. The maximum absolute atomic E-state index is 12.5. The first kappa shape index (κ1) is 16.7. The minimum absolute atomic E-state index is 0.00896. The molecule has 0 amide bonds. The first-order valence-corrected chi connectivity index (χ1v) is 9.17. The molecule has 2 aliphatic rings. The second-order valence-electron chi connectivity index (χ2n) is 7.16. The molecule has 4 rings (SSSR count). The van der Waals surface area contributed by atoms with Crippen molar-refractivity contribution in [3.63, 3.8) is 0 Å². The zero-order valence-corrected chi connectivity index (χ0v) is 15.0. The van der Waals surface area contributed by atoms with Crippen LogP contribution < -0.4 is 5.56 Å². The summed E-state index contributed by atoms with van der Waals surface area (Å²) in [5.74, 6) is 0. The summed E-state index contributed by atoms with van der Waals surface area (Å²) in [6.07, 6.45) is 1.17. The Morgan fingerprint density at radius 2 is 2.04 bits per heavy atom. The number of pyridine rings is 1. The number of likely N-dealkylation sites (tertiary alicyclic amines) is 1. The topological polar surface area (TPSA) is 50.1 Å². The van der Waals surface area contributed by atoms with E-state index in [1.807, 2.05) is 25.1 Å². The molecule has 0 saturated carbocycles. The molecule has 2 aromatic rings. The van der Waals surface area contributed by atoms with Gasteiger partial charge < -0.3 is 4.74 Å². The predicted octanol–water partition coefficient (Wildman–Crippen LogP) is 1.30. The lowest BCUT2D eigenvalue weighted by molar-refractivity contribution is 0.00978. The van der Waals surface area contributed by atoms with Gasteiger partial charge in [-0.2, -0.15) is 0 Å². The van der Waals surface area contributed by atoms with Gasteiger partial charge in [0.05, 0.1) is 18.9 Å². The van der Waals surface area contributed by atoms with Crippen LogP contribution in [0, 0.1) is 6.92 Å². The van der Waals surface area contributed by atoms with E-state index in [1.165, 1.54) is 6.42 Å². The molecule has 0 radical (unpaired) electrons. The van der Waals surface area contributed by atoms with Crippen LogP contribution in [0.2, 0.25) is 0 Å². The van der Waals surface area contributed by atoms with E-state index in [1.54, 1.807) is 10.5 Å². The number of hydrogen-bond acceptors (Lipinski definition) is 5. The maximum atomic E-state index is 12.5. The predicted molar refractivity (Wildman–Crippen MR) is 96.9 cm³/mol. The standard InChI is InChI=1S/C19H26N4O2/c1-14-4-3-5-18-20-16(12-19(24)23(14)18)13-22-7-6-17(15(22)2)21-8-10-25-11-9-21/h3-5,12,15,17H,6-11,13H2,1-2H3/t15-,17-/m1/s1. The van der Waals surface area contributed by atoms with Crippen LogP contribution in [0.5, 0.6) is 0 Å². The number of ether oxygens (including phenoxy) is 1. The first-order valence-electron chi connectivity index (χ1n) is 9.17. The number of hydrogen-bond donors (Lipinski definition) is 0. The van der Waals surface area contributed by atoms with Crippen molar-refractivity contribution in [3.8, 4) is 0 Å². The Hall–Kier alpha value is -1.76. The number of aryl methyl sites for hydroxylation is 1. The van der Waals surface area contributed by atoms with Gasteiger partial charge >= 0.3 is 0 Å². The molecule has 6 heteroatoms. The number of fused-ring (bicyclic) bond motifs is 1. The summed E-state index contributed by atoms with van der Waals surface area (Å²) in [7, 11) is 0. The third-order valence-corrected chi connectivity index (χ3v) is 5.66. The maximum Gasteiger partial charge on any atom is 0.258 e. The van der Waals surface area contributed by atoms with Crippen LogP contribution in [-0.4, -0.2) is 64.1 Å². The van der Waals surface area contributed by atoms with Crippen molar-refractivity contribution in [2.45, 2.75) is 38.9 Å². The van der Waals surface area contributed by atoms with E-state index in [-0.39, 0.29) is 5.56 Å². The van der Waals surface area contributed by atoms with Crippen molar-refractivity contribution < 1.29 is 4.74 Å². The first-order chi connectivity index (χ1) is 12.1. The number of aromatic nitrogens is 2. The fourth-order valence-corrected chi connectivity index (χ4v) is 4.26. The molecule has 0 spiro atoms. The molecule has 134 valence electrons. The van der Waals surface area contributed by atoms with Gasteiger partial charge in [0, 0.05) is 50.0 Å². The highest BCUT2D eigenvalue weighted by Gasteiger charge is 2.35. The molecule has 2 aromatic heterocycles. The molecule has 0 aromatic carbocycles. The Morgan fingerprint density at radius 3 is 2.84 bits per heavy atom. The van der Waals surface area contributed by atoms with Crippen LogP contribution in [-0.2, 0) is 11.3 Å². The lowest BCUT2D eigenvalue weighted by atomic mass is 10.1. The van der Waals surface area contributed by atoms with Crippen molar-refractivity contribution in [1.29, 1.82) is 0 Å². The lowest BCUT2D eigenvalue weighted by Crippen LogP contribution is -2.48. The average molecular weight is 342 g/mol. The molecular weight excluding hydrogens is 316 g/mol. The average Bonchev–Trinajstić information content (AvgIpc) is 2.96. The van der Waals surface area contributed by atoms with Gasteiger partial charge in [-0.15, -0.1) is 0 Å². The van der Waals surface area contributed by atoms with Gasteiger partial charge in [-0.1, -0.05) is 6.07 Å². The van der Waals surface area contributed by atoms with Gasteiger partial charge in [0.15, 0.2) is 0 Å². The highest BCUT2D eigenvalue weighted by atomic mass is 16.5. The fraction of sp³-hybridized carbons (Fsp3) is 0.579. The van der Waals surface area contributed by atoms with Crippen molar-refractivity contribution in [1.82, 2.24) is 19.2 Å². The van der Waals surface area contributed by atoms with E-state index >= 15 is 0 Å². The Kier molecular flexibility index (Phi) is 4.58. The summed E-state index contributed by atoms with van der Waals surface area (Å²) in [6, 6.07) is 8.53. The highest BCUT2D eigenvalue weighted by Crippen LogP contribution is 2.25. The van der Waals surface area contributed by atoms with E-state index in [4.69, 9.17) is 9.72 Å². The summed E-state index contributed by atoms with van der Waals surface area (Å²) in [5.41, 5.74) is 2.53. The summed E-state index contributed by atoms with van der Waals surface area (Å²) >= 11 is 0. The van der Waals surface area contributed by atoms with Gasteiger partial charge in [-0.25, -0.2) is 4.98 Å². The molecular formula is C19H26N4O2. The molecule has 0 N–H and O–H groups in total. The molecule has 0 aliphatic carbocycles. The fourth-order valence-electron chi connectivity index (χ4n) is 4.26. The molecule has 2 aliphatic heterocycles. The summed E-state index contributed by atoms with van der Waals surface area (Å²) < 4.78 is 7.15. The highest BCUT2D eigenvalue weighted by molar-refractivity contribution is 5.40. The minimum Gasteiger partial charge on any atom is -0.379 e. The van der Waals surface area contributed by atoms with E-state index in [0.29, 0.717) is 12.1 Å². The third kappa shape index (κ3) is 3.21. The van der Waals surface area contributed by atoms with Crippen LogP contribution in [0.15, 0.2) is 29.1 Å². The number of rotatable bonds is 3. The van der Waals surface area contributed by atoms with E-state index < -0.39 is 0 Å². The molecule has 6 nitrogen and oxygen atoms in total. The Labute approximate surface area is 148 Å². The quantitative estimate of drug-likeness (QED) is 0.841. The van der Waals surface area contributed by atoms with Crippen LogP contribution in [0.25, 0.3) is 5.65 Å². The van der Waals surface area contributed by atoms with Crippen LogP contribution in [0.1, 0.15) is 24.7 Å². The smallest absolute Gasteiger partial charge is 0.258 e. The van der Waals surface area contributed by atoms with Gasteiger partial charge in [0.25, 0.3) is 5.56 Å². The minimum atomic E-state index is 0.00896. The summed E-state index contributed by atoms with van der Waals surface area (Å²) in [6.45, 7) is 9.75. The van der Waals surface area contributed by atoms with Crippen molar-refractivity contribution >= 4 is 5.65 Å². The largest absolute Gasteiger partial charge is 0.379 e. The van der Waals surface area contributed by atoms with Gasteiger partial charge in [-0.3, -0.25) is 19.0 Å². The Morgan fingerprint density at radius 1 is 1.24 bits per heavy atom. The molecule has 0 unspecified atom stereocenters. The van der Waals surface area contributed by atoms with Crippen LogP contribution in [0.3, 0.4) is 0 Å². The molecule has 2 fully saturated rings. The molecule has 2 saturated heterocycles. The zero-order valence-electron chi connectivity index (χ0n) is 15.0.